The van der Waals surface area contributed by atoms with Crippen LogP contribution in [0.3, 0.4) is 0 Å². The van der Waals surface area contributed by atoms with E-state index in [1.54, 1.807) is 18.2 Å². The lowest BCUT2D eigenvalue weighted by atomic mass is 10.0. The fourth-order valence-corrected chi connectivity index (χ4v) is 1.57. The first-order valence-corrected chi connectivity index (χ1v) is 5.41. The molecule has 5 nitrogen and oxygen atoms in total. The largest absolute Gasteiger partial charge is 0.545 e. The fraction of sp³-hybridized carbons (Fsp3) is 0.143. The number of carboxylic acids is 2. The summed E-state index contributed by atoms with van der Waals surface area (Å²) in [6.07, 6.45) is 3.15. The molecule has 0 heterocycles. The fourth-order valence-electron chi connectivity index (χ4n) is 1.57. The molecule has 0 aliphatic carbocycles. The molecule has 0 saturated heterocycles. The summed E-state index contributed by atoms with van der Waals surface area (Å²) < 4.78 is 5.13. The van der Waals surface area contributed by atoms with Crippen molar-refractivity contribution >= 4 is 18.0 Å². The van der Waals surface area contributed by atoms with E-state index in [-0.39, 0.29) is 0 Å². The number of hydrogen-bond acceptors (Lipinski definition) is 5. The molecule has 1 aromatic carbocycles. The lowest BCUT2D eigenvalue weighted by molar-refractivity contribution is -0.311. The van der Waals surface area contributed by atoms with Gasteiger partial charge in [-0.15, -0.1) is 6.58 Å². The maximum atomic E-state index is 10.6. The van der Waals surface area contributed by atoms with Gasteiger partial charge in [-0.05, 0) is 35.8 Å². The second kappa shape index (κ2) is 6.39. The van der Waals surface area contributed by atoms with Crippen LogP contribution in [0.5, 0.6) is 5.75 Å². The maximum absolute atomic E-state index is 10.6. The van der Waals surface area contributed by atoms with Crippen LogP contribution in [0.2, 0.25) is 0 Å². The van der Waals surface area contributed by atoms with Crippen LogP contribution < -0.4 is 14.9 Å². The number of allylic oxidation sites excluding steroid dienone is 1. The van der Waals surface area contributed by atoms with Gasteiger partial charge in [0.1, 0.15) is 5.75 Å². The molecule has 0 fully saturated rings. The summed E-state index contributed by atoms with van der Waals surface area (Å²) in [4.78, 5) is 21.3. The van der Waals surface area contributed by atoms with E-state index in [4.69, 9.17) is 4.74 Å². The molecule has 0 amide bonds. The zero-order valence-electron chi connectivity index (χ0n) is 10.3. The Hall–Kier alpha value is -2.56. The van der Waals surface area contributed by atoms with Crippen LogP contribution in [-0.4, -0.2) is 19.0 Å². The molecule has 100 valence electrons. The van der Waals surface area contributed by atoms with Crippen LogP contribution in [0.25, 0.3) is 6.08 Å². The number of benzene rings is 1. The Kier molecular flexibility index (Phi) is 4.88. The van der Waals surface area contributed by atoms with Crippen molar-refractivity contribution in [3.05, 3.63) is 47.6 Å². The van der Waals surface area contributed by atoms with E-state index in [1.807, 2.05) is 0 Å². The van der Waals surface area contributed by atoms with Gasteiger partial charge in [0.05, 0.1) is 19.0 Å². The maximum Gasteiger partial charge on any atom is 0.122 e. The highest BCUT2D eigenvalue weighted by molar-refractivity contribution is 6.14. The van der Waals surface area contributed by atoms with Crippen molar-refractivity contribution < 1.29 is 24.5 Å². The molecule has 0 bridgehead atoms. The van der Waals surface area contributed by atoms with Crippen LogP contribution in [0.15, 0.2) is 36.4 Å². The van der Waals surface area contributed by atoms with Crippen molar-refractivity contribution in [1.29, 1.82) is 0 Å². The van der Waals surface area contributed by atoms with Gasteiger partial charge in [0.15, 0.2) is 0 Å². The SMILES string of the molecule is C=CCc1cc(C=C(C(=O)[O-])C(=O)[O-])ccc1OC. The molecule has 0 aromatic heterocycles. The number of carbonyl (C=O) groups excluding carboxylic acids is 2. The summed E-state index contributed by atoms with van der Waals surface area (Å²) in [6.45, 7) is 3.60. The minimum Gasteiger partial charge on any atom is -0.545 e. The molecular weight excluding hydrogens is 248 g/mol. The predicted molar refractivity (Wildman–Crippen MR) is 64.9 cm³/mol. The highest BCUT2D eigenvalue weighted by Gasteiger charge is 2.04. The van der Waals surface area contributed by atoms with Gasteiger partial charge >= 0.3 is 0 Å². The van der Waals surface area contributed by atoms with Crippen molar-refractivity contribution in [2.75, 3.05) is 7.11 Å². The average Bonchev–Trinajstić information content (AvgIpc) is 2.36. The van der Waals surface area contributed by atoms with Gasteiger partial charge in [-0.3, -0.25) is 0 Å². The number of carboxylic acid groups (broad SMARTS) is 2. The Balaban J connectivity index is 3.24. The summed E-state index contributed by atoms with van der Waals surface area (Å²) in [5.41, 5.74) is 0.262. The standard InChI is InChI=1S/C14H14O5/c1-3-4-10-7-9(5-6-12(10)19-2)8-11(13(15)16)14(17)18/h3,5-8H,1,4H2,2H3,(H,15,16)(H,17,18)/p-2. The van der Waals surface area contributed by atoms with Gasteiger partial charge in [0.2, 0.25) is 0 Å². The number of rotatable bonds is 6. The van der Waals surface area contributed by atoms with Gasteiger partial charge in [0, 0.05) is 5.57 Å². The number of hydrogen-bond donors (Lipinski definition) is 0. The van der Waals surface area contributed by atoms with Gasteiger partial charge < -0.3 is 24.5 Å². The Morgan fingerprint density at radius 1 is 1.32 bits per heavy atom. The molecule has 0 unspecified atom stereocenters. The highest BCUT2D eigenvalue weighted by atomic mass is 16.5. The van der Waals surface area contributed by atoms with Crippen molar-refractivity contribution in [2.24, 2.45) is 0 Å². The van der Waals surface area contributed by atoms with Crippen LogP contribution in [0, 0.1) is 0 Å². The van der Waals surface area contributed by atoms with Crippen molar-refractivity contribution in [2.45, 2.75) is 6.42 Å². The van der Waals surface area contributed by atoms with Crippen LogP contribution in [-0.2, 0) is 16.0 Å². The topological polar surface area (TPSA) is 89.5 Å². The normalized spacial score (nSPS) is 9.53. The first kappa shape index (κ1) is 14.5. The Morgan fingerprint density at radius 3 is 2.42 bits per heavy atom. The van der Waals surface area contributed by atoms with Crippen LogP contribution in [0.4, 0.5) is 0 Å². The molecule has 1 rings (SSSR count). The highest BCUT2D eigenvalue weighted by Crippen LogP contribution is 2.22. The predicted octanol–water partition coefficient (Wildman–Crippen LogP) is -0.693. The number of methoxy groups -OCH3 is 1. The van der Waals surface area contributed by atoms with E-state index in [0.717, 1.165) is 11.6 Å². The van der Waals surface area contributed by atoms with E-state index in [2.05, 4.69) is 6.58 Å². The summed E-state index contributed by atoms with van der Waals surface area (Å²) in [7, 11) is 1.51. The molecule has 0 N–H and O–H groups in total. The lowest BCUT2D eigenvalue weighted by Crippen LogP contribution is -2.36. The Morgan fingerprint density at radius 2 is 1.95 bits per heavy atom. The Labute approximate surface area is 110 Å². The van der Waals surface area contributed by atoms with Gasteiger partial charge in [-0.25, -0.2) is 0 Å². The summed E-state index contributed by atoms with van der Waals surface area (Å²) in [5, 5.41) is 21.3. The van der Waals surface area contributed by atoms with E-state index < -0.39 is 17.5 Å². The van der Waals surface area contributed by atoms with Crippen LogP contribution >= 0.6 is 0 Å². The second-order valence-corrected chi connectivity index (χ2v) is 3.70. The lowest BCUT2D eigenvalue weighted by Gasteiger charge is -2.11. The Bertz CT molecular complexity index is 527. The third-order valence-corrected chi connectivity index (χ3v) is 2.42. The van der Waals surface area contributed by atoms with Crippen molar-refractivity contribution in [3.63, 3.8) is 0 Å². The first-order chi connectivity index (χ1) is 8.99. The number of aliphatic carboxylic acids is 2. The van der Waals surface area contributed by atoms with Gasteiger partial charge in [-0.1, -0.05) is 12.1 Å². The molecule has 5 heteroatoms. The molecule has 1 aromatic rings. The van der Waals surface area contributed by atoms with E-state index >= 15 is 0 Å². The third kappa shape index (κ3) is 3.70. The van der Waals surface area contributed by atoms with Gasteiger partial charge in [-0.2, -0.15) is 0 Å². The molecule has 19 heavy (non-hydrogen) atoms. The average molecular weight is 260 g/mol. The van der Waals surface area contributed by atoms with E-state index in [9.17, 15) is 19.8 Å². The molecule has 0 atom stereocenters. The number of ether oxygens (including phenoxy) is 1. The summed E-state index contributed by atoms with van der Waals surface area (Å²) >= 11 is 0. The smallest absolute Gasteiger partial charge is 0.122 e. The van der Waals surface area contributed by atoms with Crippen molar-refractivity contribution in [1.82, 2.24) is 0 Å². The number of carbonyl (C=O) groups is 2. The molecule has 0 spiro atoms. The third-order valence-electron chi connectivity index (χ3n) is 2.42. The minimum absolute atomic E-state index is 0.404. The van der Waals surface area contributed by atoms with Crippen LogP contribution in [0.1, 0.15) is 11.1 Å². The monoisotopic (exact) mass is 260 g/mol. The summed E-state index contributed by atoms with van der Waals surface area (Å²) in [6, 6.07) is 4.77. The molecule has 0 aliphatic rings. The summed E-state index contributed by atoms with van der Waals surface area (Å²) in [5.74, 6) is -2.97. The first-order valence-electron chi connectivity index (χ1n) is 5.41. The minimum atomic E-state index is -1.79. The van der Waals surface area contributed by atoms with Crippen molar-refractivity contribution in [3.8, 4) is 5.75 Å². The molecule has 0 saturated carbocycles. The van der Waals surface area contributed by atoms with E-state index in [1.165, 1.54) is 13.2 Å². The molecular formula is C14H12O5-2. The zero-order valence-corrected chi connectivity index (χ0v) is 10.3. The van der Waals surface area contributed by atoms with E-state index in [0.29, 0.717) is 17.7 Å². The molecule has 0 radical (unpaired) electrons. The molecule has 0 aliphatic heterocycles. The van der Waals surface area contributed by atoms with Gasteiger partial charge in [0.25, 0.3) is 0 Å². The zero-order chi connectivity index (χ0) is 14.4. The second-order valence-electron chi connectivity index (χ2n) is 3.70. The quantitative estimate of drug-likeness (QED) is 0.292.